The number of carbonyl (C=O) groups is 1. The van der Waals surface area contributed by atoms with E-state index in [0.29, 0.717) is 44.5 Å². The smallest absolute Gasteiger partial charge is 0.236 e. The van der Waals surface area contributed by atoms with Crippen LogP contribution in [0.5, 0.6) is 0 Å². The van der Waals surface area contributed by atoms with Gasteiger partial charge in [0.15, 0.2) is 5.76 Å². The minimum Gasteiger partial charge on any atom is -0.378 e. The van der Waals surface area contributed by atoms with Crippen LogP contribution < -0.4 is 0 Å². The van der Waals surface area contributed by atoms with Gasteiger partial charge < -0.3 is 14.2 Å². The van der Waals surface area contributed by atoms with Crippen LogP contribution in [0.4, 0.5) is 0 Å². The highest BCUT2D eigenvalue weighted by atomic mass is 16.5. The standard InChI is InChI=1S/C19H25N5O3/c1-14-10-17(27-22-14)16-11-20-13-21-19(16)15-2-4-23(5-3-15)12-18(25)24-6-8-26-9-7-24/h10-11,13,15H,2-9,12H2,1H3. The largest absolute Gasteiger partial charge is 0.378 e. The molecular weight excluding hydrogens is 346 g/mol. The van der Waals surface area contributed by atoms with E-state index in [1.165, 1.54) is 0 Å². The molecule has 0 aromatic carbocycles. The number of carbonyl (C=O) groups excluding carboxylic acids is 1. The van der Waals surface area contributed by atoms with Gasteiger partial charge in [0, 0.05) is 31.3 Å². The number of aryl methyl sites for hydroxylation is 1. The number of morpholine rings is 1. The fraction of sp³-hybridized carbons (Fsp3) is 0.579. The number of rotatable bonds is 4. The Morgan fingerprint density at radius 2 is 2.00 bits per heavy atom. The highest BCUT2D eigenvalue weighted by Crippen LogP contribution is 2.33. The molecule has 0 radical (unpaired) electrons. The zero-order valence-electron chi connectivity index (χ0n) is 15.6. The minimum atomic E-state index is 0.205. The van der Waals surface area contributed by atoms with Crippen LogP contribution in [0.3, 0.4) is 0 Å². The summed E-state index contributed by atoms with van der Waals surface area (Å²) in [5, 5.41) is 3.98. The van der Waals surface area contributed by atoms with Crippen LogP contribution in [0.1, 0.15) is 30.1 Å². The first kappa shape index (κ1) is 18.1. The van der Waals surface area contributed by atoms with Crippen molar-refractivity contribution >= 4 is 5.91 Å². The predicted molar refractivity (Wildman–Crippen MR) is 98.1 cm³/mol. The maximum absolute atomic E-state index is 12.4. The van der Waals surface area contributed by atoms with Gasteiger partial charge in [-0.15, -0.1) is 0 Å². The zero-order chi connectivity index (χ0) is 18.6. The first-order valence-corrected chi connectivity index (χ1v) is 9.52. The topological polar surface area (TPSA) is 84.6 Å². The molecule has 0 bridgehead atoms. The number of aromatic nitrogens is 3. The van der Waals surface area contributed by atoms with Crippen molar-refractivity contribution in [3.8, 4) is 11.3 Å². The zero-order valence-corrected chi connectivity index (χ0v) is 15.6. The summed E-state index contributed by atoms with van der Waals surface area (Å²) >= 11 is 0. The lowest BCUT2D eigenvalue weighted by atomic mass is 9.90. The van der Waals surface area contributed by atoms with Gasteiger partial charge in [0.2, 0.25) is 5.91 Å². The summed E-state index contributed by atoms with van der Waals surface area (Å²) in [5.41, 5.74) is 2.78. The van der Waals surface area contributed by atoms with Crippen LogP contribution in [-0.2, 0) is 9.53 Å². The van der Waals surface area contributed by atoms with Crippen LogP contribution in [0.15, 0.2) is 23.1 Å². The van der Waals surface area contributed by atoms with Crippen molar-refractivity contribution in [2.24, 2.45) is 0 Å². The Labute approximate surface area is 158 Å². The fourth-order valence-electron chi connectivity index (χ4n) is 3.81. The average molecular weight is 371 g/mol. The lowest BCUT2D eigenvalue weighted by Gasteiger charge is -2.34. The van der Waals surface area contributed by atoms with E-state index < -0.39 is 0 Å². The quantitative estimate of drug-likeness (QED) is 0.805. The number of likely N-dealkylation sites (tertiary alicyclic amines) is 1. The number of ether oxygens (including phenoxy) is 1. The van der Waals surface area contributed by atoms with E-state index in [2.05, 4.69) is 20.0 Å². The summed E-state index contributed by atoms with van der Waals surface area (Å²) in [7, 11) is 0. The number of hydrogen-bond acceptors (Lipinski definition) is 7. The second kappa shape index (κ2) is 8.14. The Balaban J connectivity index is 1.38. The van der Waals surface area contributed by atoms with Gasteiger partial charge in [0.1, 0.15) is 6.33 Å². The van der Waals surface area contributed by atoms with Gasteiger partial charge in [0.05, 0.1) is 36.7 Å². The van der Waals surface area contributed by atoms with E-state index in [0.717, 1.165) is 42.9 Å². The number of hydrogen-bond donors (Lipinski definition) is 0. The Morgan fingerprint density at radius 1 is 1.22 bits per heavy atom. The molecular formula is C19H25N5O3. The molecule has 27 heavy (non-hydrogen) atoms. The van der Waals surface area contributed by atoms with Crippen LogP contribution in [0.25, 0.3) is 11.3 Å². The van der Waals surface area contributed by atoms with Crippen molar-refractivity contribution in [1.82, 2.24) is 24.9 Å². The molecule has 0 atom stereocenters. The molecule has 1 amide bonds. The second-order valence-electron chi connectivity index (χ2n) is 7.20. The second-order valence-corrected chi connectivity index (χ2v) is 7.20. The normalized spacial score (nSPS) is 19.4. The Kier molecular flexibility index (Phi) is 5.45. The van der Waals surface area contributed by atoms with E-state index in [1.54, 1.807) is 12.5 Å². The van der Waals surface area contributed by atoms with Crippen LogP contribution in [-0.4, -0.2) is 76.8 Å². The molecule has 144 valence electrons. The number of amides is 1. The third-order valence-electron chi connectivity index (χ3n) is 5.33. The van der Waals surface area contributed by atoms with Crippen LogP contribution >= 0.6 is 0 Å². The first-order chi connectivity index (χ1) is 13.2. The molecule has 2 fully saturated rings. The maximum Gasteiger partial charge on any atom is 0.236 e. The molecule has 2 saturated heterocycles. The van der Waals surface area contributed by atoms with Gasteiger partial charge >= 0.3 is 0 Å². The van der Waals surface area contributed by atoms with E-state index in [1.807, 2.05) is 17.9 Å². The highest BCUT2D eigenvalue weighted by Gasteiger charge is 2.27. The molecule has 8 heteroatoms. The maximum atomic E-state index is 12.4. The molecule has 2 aliphatic rings. The predicted octanol–water partition coefficient (Wildman–Crippen LogP) is 1.48. The minimum absolute atomic E-state index is 0.205. The molecule has 0 N–H and O–H groups in total. The highest BCUT2D eigenvalue weighted by molar-refractivity contribution is 5.78. The van der Waals surface area contributed by atoms with Crippen molar-refractivity contribution < 1.29 is 14.1 Å². The van der Waals surface area contributed by atoms with E-state index in [9.17, 15) is 4.79 Å². The van der Waals surface area contributed by atoms with Crippen LogP contribution in [0.2, 0.25) is 0 Å². The SMILES string of the molecule is Cc1cc(-c2cncnc2C2CCN(CC(=O)N3CCOCC3)CC2)on1. The summed E-state index contributed by atoms with van der Waals surface area (Å²) in [6.07, 6.45) is 5.33. The van der Waals surface area contributed by atoms with Crippen molar-refractivity contribution in [2.45, 2.75) is 25.7 Å². The lowest BCUT2D eigenvalue weighted by molar-refractivity contribution is -0.136. The van der Waals surface area contributed by atoms with Gasteiger partial charge in [0.25, 0.3) is 0 Å². The van der Waals surface area contributed by atoms with Gasteiger partial charge in [-0.25, -0.2) is 9.97 Å². The average Bonchev–Trinajstić information content (AvgIpc) is 3.15. The number of piperidine rings is 1. The van der Waals surface area contributed by atoms with Crippen molar-refractivity contribution in [3.63, 3.8) is 0 Å². The monoisotopic (exact) mass is 371 g/mol. The Bertz CT molecular complexity index is 779. The van der Waals surface area contributed by atoms with Gasteiger partial charge in [-0.1, -0.05) is 5.16 Å². The van der Waals surface area contributed by atoms with E-state index >= 15 is 0 Å². The first-order valence-electron chi connectivity index (χ1n) is 9.52. The molecule has 0 saturated carbocycles. The van der Waals surface area contributed by atoms with Crippen molar-refractivity contribution in [2.75, 3.05) is 45.9 Å². The van der Waals surface area contributed by atoms with Crippen molar-refractivity contribution in [1.29, 1.82) is 0 Å². The summed E-state index contributed by atoms with van der Waals surface area (Å²) in [4.78, 5) is 25.3. The molecule has 4 rings (SSSR count). The molecule has 0 spiro atoms. The van der Waals surface area contributed by atoms with Crippen LogP contribution in [0, 0.1) is 6.92 Å². The van der Waals surface area contributed by atoms with Gasteiger partial charge in [-0.3, -0.25) is 9.69 Å². The molecule has 0 unspecified atom stereocenters. The Hall–Kier alpha value is -2.32. The summed E-state index contributed by atoms with van der Waals surface area (Å²) in [6, 6.07) is 1.92. The molecule has 2 aromatic heterocycles. The molecule has 0 aliphatic carbocycles. The molecule has 8 nitrogen and oxygen atoms in total. The molecule has 4 heterocycles. The van der Waals surface area contributed by atoms with Gasteiger partial charge in [-0.2, -0.15) is 0 Å². The summed E-state index contributed by atoms with van der Waals surface area (Å²) in [6.45, 7) is 6.87. The van der Waals surface area contributed by atoms with E-state index in [-0.39, 0.29) is 5.91 Å². The number of nitrogens with zero attached hydrogens (tertiary/aromatic N) is 5. The van der Waals surface area contributed by atoms with E-state index in [4.69, 9.17) is 9.26 Å². The molecule has 2 aliphatic heterocycles. The lowest BCUT2D eigenvalue weighted by Crippen LogP contribution is -2.47. The van der Waals surface area contributed by atoms with Gasteiger partial charge in [-0.05, 0) is 32.9 Å². The third kappa shape index (κ3) is 4.17. The molecule has 2 aromatic rings. The Morgan fingerprint density at radius 3 is 2.70 bits per heavy atom. The summed E-state index contributed by atoms with van der Waals surface area (Å²) < 4.78 is 10.7. The van der Waals surface area contributed by atoms with Crippen molar-refractivity contribution in [3.05, 3.63) is 30.0 Å². The third-order valence-corrected chi connectivity index (χ3v) is 5.33. The fourth-order valence-corrected chi connectivity index (χ4v) is 3.81. The summed E-state index contributed by atoms with van der Waals surface area (Å²) in [5.74, 6) is 1.26.